The van der Waals surface area contributed by atoms with Crippen LogP contribution in [0.15, 0.2) is 64.0 Å². The lowest BCUT2D eigenvalue weighted by Crippen LogP contribution is -2.55. The minimum Gasteiger partial charge on any atom is -0.496 e. The van der Waals surface area contributed by atoms with Gasteiger partial charge in [-0.15, -0.1) is 0 Å². The first-order chi connectivity index (χ1) is 19.2. The van der Waals surface area contributed by atoms with E-state index in [1.807, 2.05) is 36.4 Å². The first-order valence-electron chi connectivity index (χ1n) is 13.6. The number of fused-ring (bicyclic) bond motifs is 1. The zero-order valence-electron chi connectivity index (χ0n) is 22.4. The van der Waals surface area contributed by atoms with Crippen molar-refractivity contribution in [3.8, 4) is 11.5 Å². The number of benzene rings is 3. The van der Waals surface area contributed by atoms with E-state index in [1.54, 1.807) is 0 Å². The summed E-state index contributed by atoms with van der Waals surface area (Å²) in [6, 6.07) is 13.9. The van der Waals surface area contributed by atoms with E-state index < -0.39 is 17.9 Å². The number of carbonyl (C=O) groups is 1. The van der Waals surface area contributed by atoms with Gasteiger partial charge >= 0.3 is 0 Å². The highest BCUT2D eigenvalue weighted by molar-refractivity contribution is 9.10. The van der Waals surface area contributed by atoms with Gasteiger partial charge in [-0.1, -0.05) is 18.2 Å². The summed E-state index contributed by atoms with van der Waals surface area (Å²) in [4.78, 5) is 15.7. The molecule has 5 rings (SSSR count). The van der Waals surface area contributed by atoms with E-state index in [2.05, 4.69) is 20.7 Å². The molecular weight excluding hydrogens is 600 g/mol. The molecule has 1 atom stereocenters. The Morgan fingerprint density at radius 3 is 2.48 bits per heavy atom. The van der Waals surface area contributed by atoms with Crippen LogP contribution in [0.4, 0.5) is 8.78 Å². The van der Waals surface area contributed by atoms with Gasteiger partial charge in [0.2, 0.25) is 5.91 Å². The maximum absolute atomic E-state index is 16.1. The Hall–Kier alpha value is -2.40. The Labute approximate surface area is 246 Å². The number of rotatable bonds is 9. The lowest BCUT2D eigenvalue weighted by Gasteiger charge is -2.35. The summed E-state index contributed by atoms with van der Waals surface area (Å²) in [5.74, 6) is -3.05. The normalized spacial score (nSPS) is 17.8. The first kappa shape index (κ1) is 29.1. The van der Waals surface area contributed by atoms with Crippen LogP contribution in [0.2, 0.25) is 0 Å². The second-order valence-electron chi connectivity index (χ2n) is 10.5. The maximum Gasteiger partial charge on any atom is 0.298 e. The highest BCUT2D eigenvalue weighted by Crippen LogP contribution is 2.39. The molecule has 2 fully saturated rings. The third-order valence-corrected chi connectivity index (χ3v) is 9.18. The highest BCUT2D eigenvalue weighted by Gasteiger charge is 2.48. The quantitative estimate of drug-likeness (QED) is 0.257. The number of hydrogen-bond donors (Lipinski definition) is 2. The van der Waals surface area contributed by atoms with E-state index in [0.29, 0.717) is 30.4 Å². The molecule has 0 bridgehead atoms. The Morgan fingerprint density at radius 2 is 1.75 bits per heavy atom. The maximum atomic E-state index is 16.1. The zero-order chi connectivity index (χ0) is 28.3. The molecule has 10 heteroatoms. The average molecular weight is 635 g/mol. The van der Waals surface area contributed by atoms with Gasteiger partial charge in [0.25, 0.3) is 5.92 Å². The minimum atomic E-state index is -3.51. The van der Waals surface area contributed by atoms with Gasteiger partial charge in [-0.2, -0.15) is 8.78 Å². The number of ether oxygens (including phenoxy) is 2. The van der Waals surface area contributed by atoms with Crippen LogP contribution in [-0.2, 0) is 10.7 Å². The summed E-state index contributed by atoms with van der Waals surface area (Å²) in [7, 11) is 1.42. The zero-order valence-corrected chi connectivity index (χ0v) is 24.8. The molecule has 1 aliphatic heterocycles. The van der Waals surface area contributed by atoms with E-state index in [9.17, 15) is 4.79 Å². The fourth-order valence-electron chi connectivity index (χ4n) is 5.28. The Balaban J connectivity index is 1.37. The molecule has 6 nitrogen and oxygen atoms in total. The highest BCUT2D eigenvalue weighted by atomic mass is 79.9. The van der Waals surface area contributed by atoms with Gasteiger partial charge in [-0.05, 0) is 114 Å². The fourth-order valence-corrected chi connectivity index (χ4v) is 6.51. The van der Waals surface area contributed by atoms with E-state index in [4.69, 9.17) is 15.2 Å². The SMILES string of the molecule is COc1cc(C(F)(F)C(NSc2ccc3cc(OC4CCCC4)ccc3c2)C(=O)N2CCC(N)CC2)ccc1Br. The number of hydrogen-bond acceptors (Lipinski definition) is 6. The Morgan fingerprint density at radius 1 is 1.05 bits per heavy atom. The number of nitrogens with two attached hydrogens (primary N) is 1. The first-order valence-corrected chi connectivity index (χ1v) is 15.2. The molecule has 1 heterocycles. The standard InChI is InChI=1S/C30H34BrF2N3O3S/c1-38-27-18-21(8-11-26(27)31)30(32,33)28(29(37)36-14-12-22(34)13-15-36)35-40-25-10-7-19-16-24(9-6-20(19)17-25)39-23-4-2-3-5-23/h6-11,16-18,22-23,28,35H,2-5,12-15,34H2,1H3. The van der Waals surface area contributed by atoms with Crippen molar-refractivity contribution in [2.24, 2.45) is 5.73 Å². The molecule has 3 aromatic rings. The number of amides is 1. The van der Waals surface area contributed by atoms with Crippen molar-refractivity contribution in [3.63, 3.8) is 0 Å². The summed E-state index contributed by atoms with van der Waals surface area (Å²) in [6.45, 7) is 0.702. The fraction of sp³-hybridized carbons (Fsp3) is 0.433. The van der Waals surface area contributed by atoms with Crippen LogP contribution >= 0.6 is 27.9 Å². The van der Waals surface area contributed by atoms with E-state index >= 15 is 8.78 Å². The van der Waals surface area contributed by atoms with Gasteiger partial charge in [0.1, 0.15) is 11.5 Å². The van der Waals surface area contributed by atoms with Gasteiger partial charge < -0.3 is 20.1 Å². The molecule has 40 heavy (non-hydrogen) atoms. The van der Waals surface area contributed by atoms with Gasteiger partial charge in [-0.3, -0.25) is 4.79 Å². The van der Waals surface area contributed by atoms with Gasteiger partial charge in [0, 0.05) is 29.6 Å². The number of likely N-dealkylation sites (tertiary alicyclic amines) is 1. The molecule has 1 saturated carbocycles. The molecule has 1 aliphatic carbocycles. The lowest BCUT2D eigenvalue weighted by molar-refractivity contribution is -0.145. The molecule has 1 saturated heterocycles. The summed E-state index contributed by atoms with van der Waals surface area (Å²) in [5, 5.41) is 1.97. The predicted molar refractivity (Wildman–Crippen MR) is 158 cm³/mol. The van der Waals surface area contributed by atoms with Crippen molar-refractivity contribution in [1.82, 2.24) is 9.62 Å². The average Bonchev–Trinajstić information content (AvgIpc) is 3.46. The topological polar surface area (TPSA) is 76.8 Å². The van der Waals surface area contributed by atoms with E-state index in [0.717, 1.165) is 46.2 Å². The van der Waals surface area contributed by atoms with Gasteiger partial charge in [0.15, 0.2) is 6.04 Å². The number of methoxy groups -OCH3 is 1. The number of carbonyl (C=O) groups excluding carboxylic acids is 1. The molecule has 1 amide bonds. The summed E-state index contributed by atoms with van der Waals surface area (Å²) in [5.41, 5.74) is 5.69. The molecular formula is C30H34BrF2N3O3S. The number of piperidine rings is 1. The number of halogens is 3. The largest absolute Gasteiger partial charge is 0.496 e. The smallest absolute Gasteiger partial charge is 0.298 e. The van der Waals surface area contributed by atoms with E-state index in [-0.39, 0.29) is 23.5 Å². The van der Waals surface area contributed by atoms with Crippen LogP contribution in [0.1, 0.15) is 44.1 Å². The van der Waals surface area contributed by atoms with Crippen molar-refractivity contribution in [2.45, 2.75) is 67.5 Å². The minimum absolute atomic E-state index is 0.0252. The summed E-state index contributed by atoms with van der Waals surface area (Å²) < 4.78 is 46.9. The van der Waals surface area contributed by atoms with Crippen molar-refractivity contribution in [2.75, 3.05) is 20.2 Å². The number of nitrogens with one attached hydrogen (secondary N) is 1. The van der Waals surface area contributed by atoms with Crippen molar-refractivity contribution in [1.29, 1.82) is 0 Å². The van der Waals surface area contributed by atoms with Crippen LogP contribution in [0.25, 0.3) is 10.8 Å². The summed E-state index contributed by atoms with van der Waals surface area (Å²) >= 11 is 4.34. The van der Waals surface area contributed by atoms with Gasteiger partial charge in [0.05, 0.1) is 17.7 Å². The van der Waals surface area contributed by atoms with Crippen LogP contribution in [0.5, 0.6) is 11.5 Å². The molecule has 0 aromatic heterocycles. The van der Waals surface area contributed by atoms with Gasteiger partial charge in [-0.25, -0.2) is 4.72 Å². The third kappa shape index (κ3) is 6.56. The Kier molecular flexibility index (Phi) is 9.19. The van der Waals surface area contributed by atoms with E-state index in [1.165, 1.54) is 43.1 Å². The summed E-state index contributed by atoms with van der Waals surface area (Å²) in [6.07, 6.45) is 6.02. The molecule has 0 radical (unpaired) electrons. The van der Waals surface area contributed by atoms with Crippen LogP contribution in [-0.4, -0.2) is 49.2 Å². The molecule has 2 aliphatic rings. The van der Waals surface area contributed by atoms with Crippen LogP contribution in [0.3, 0.4) is 0 Å². The predicted octanol–water partition coefficient (Wildman–Crippen LogP) is 6.64. The van der Waals surface area contributed by atoms with Crippen LogP contribution < -0.4 is 19.9 Å². The molecule has 1 unspecified atom stereocenters. The van der Waals surface area contributed by atoms with Crippen LogP contribution in [0, 0.1) is 0 Å². The number of nitrogens with zero attached hydrogens (tertiary/aromatic N) is 1. The number of alkyl halides is 2. The lowest BCUT2D eigenvalue weighted by atomic mass is 9.98. The third-order valence-electron chi connectivity index (χ3n) is 7.68. The monoisotopic (exact) mass is 633 g/mol. The van der Waals surface area contributed by atoms with Crippen molar-refractivity contribution in [3.05, 3.63) is 64.6 Å². The molecule has 0 spiro atoms. The second kappa shape index (κ2) is 12.6. The second-order valence-corrected chi connectivity index (χ2v) is 12.2. The molecule has 3 N–H and O–H groups in total. The Bertz CT molecular complexity index is 1350. The van der Waals surface area contributed by atoms with Crippen molar-refractivity contribution < 1.29 is 23.0 Å². The van der Waals surface area contributed by atoms with Crippen molar-refractivity contribution >= 4 is 44.6 Å². The molecule has 3 aromatic carbocycles. The molecule has 214 valence electrons.